The summed E-state index contributed by atoms with van der Waals surface area (Å²) in [5, 5.41) is 0. The minimum atomic E-state index is -5.37. The van der Waals surface area contributed by atoms with E-state index in [9.17, 15) is 26.3 Å². The van der Waals surface area contributed by atoms with E-state index >= 15 is 0 Å². The van der Waals surface area contributed by atoms with E-state index in [0.717, 1.165) is 5.56 Å². The predicted molar refractivity (Wildman–Crippen MR) is 86.6 cm³/mol. The van der Waals surface area contributed by atoms with Crippen LogP contribution in [0.25, 0.3) is 0 Å². The van der Waals surface area contributed by atoms with Crippen LogP contribution < -0.4 is 0 Å². The second-order valence-corrected chi connectivity index (χ2v) is 6.70. The second-order valence-electron chi connectivity index (χ2n) is 5.22. The van der Waals surface area contributed by atoms with Crippen molar-refractivity contribution in [1.29, 1.82) is 0 Å². The minimum absolute atomic E-state index is 0.0769. The highest BCUT2D eigenvalue weighted by Crippen LogP contribution is 2.48. The van der Waals surface area contributed by atoms with Gasteiger partial charge in [-0.25, -0.2) is 4.39 Å². The normalized spacial score (nSPS) is 21.0. The SMILES string of the molecule is CCCPC(F)(F)C(F)(F)F.FC1(c2ccccc2)C=CC=CC1. The Balaban J connectivity index is 0.000000245. The maximum atomic E-state index is 14.2. The molecule has 1 aliphatic carbocycles. The molecule has 0 spiro atoms. The van der Waals surface area contributed by atoms with Crippen molar-refractivity contribution in [3.8, 4) is 0 Å². The number of alkyl halides is 6. The molecule has 0 saturated carbocycles. The molecule has 1 aliphatic rings. The van der Waals surface area contributed by atoms with E-state index in [1.807, 2.05) is 42.5 Å². The van der Waals surface area contributed by atoms with Gasteiger partial charge in [-0.3, -0.25) is 0 Å². The highest BCUT2D eigenvalue weighted by molar-refractivity contribution is 7.39. The third-order valence-corrected chi connectivity index (χ3v) is 4.71. The van der Waals surface area contributed by atoms with Gasteiger partial charge in [-0.15, -0.1) is 0 Å². The zero-order valence-electron chi connectivity index (χ0n) is 13.1. The van der Waals surface area contributed by atoms with Gasteiger partial charge in [-0.05, 0) is 26.4 Å². The van der Waals surface area contributed by atoms with Gasteiger partial charge in [0, 0.05) is 6.42 Å². The molecule has 0 heterocycles. The summed E-state index contributed by atoms with van der Waals surface area (Å²) in [6.07, 6.45) is 2.44. The first-order valence-electron chi connectivity index (χ1n) is 7.41. The smallest absolute Gasteiger partial charge is 0.234 e. The summed E-state index contributed by atoms with van der Waals surface area (Å²) in [4.78, 5) is 0. The van der Waals surface area contributed by atoms with Gasteiger partial charge in [0.15, 0.2) is 5.67 Å². The molecule has 1 aromatic rings. The first kappa shape index (κ1) is 20.8. The molecule has 0 aromatic heterocycles. The van der Waals surface area contributed by atoms with Crippen molar-refractivity contribution in [3.63, 3.8) is 0 Å². The number of hydrogen-bond acceptors (Lipinski definition) is 0. The lowest BCUT2D eigenvalue weighted by Gasteiger charge is -2.22. The van der Waals surface area contributed by atoms with E-state index in [1.165, 1.54) is 0 Å². The van der Waals surface area contributed by atoms with Crippen LogP contribution in [0, 0.1) is 0 Å². The molecule has 24 heavy (non-hydrogen) atoms. The van der Waals surface area contributed by atoms with Crippen LogP contribution in [0.2, 0.25) is 0 Å². The summed E-state index contributed by atoms with van der Waals surface area (Å²) >= 11 is 0. The number of halogens is 6. The van der Waals surface area contributed by atoms with Gasteiger partial charge in [0.25, 0.3) is 0 Å². The van der Waals surface area contributed by atoms with Crippen LogP contribution in [0.15, 0.2) is 54.6 Å². The molecule has 0 radical (unpaired) electrons. The fourth-order valence-electron chi connectivity index (χ4n) is 1.91. The summed E-state index contributed by atoms with van der Waals surface area (Å²) < 4.78 is 72.4. The molecular weight excluding hydrogens is 349 g/mol. The summed E-state index contributed by atoms with van der Waals surface area (Å²) in [6, 6.07) is 9.27. The van der Waals surface area contributed by atoms with Crippen molar-refractivity contribution in [2.45, 2.75) is 37.3 Å². The highest BCUT2D eigenvalue weighted by atomic mass is 31.1. The first-order chi connectivity index (χ1) is 11.1. The molecule has 2 rings (SSSR count). The zero-order valence-corrected chi connectivity index (χ0v) is 14.1. The van der Waals surface area contributed by atoms with Gasteiger partial charge in [0.2, 0.25) is 0 Å². The number of rotatable bonds is 4. The van der Waals surface area contributed by atoms with E-state index in [4.69, 9.17) is 0 Å². The molecule has 0 aliphatic heterocycles. The van der Waals surface area contributed by atoms with Crippen molar-refractivity contribution in [1.82, 2.24) is 0 Å². The van der Waals surface area contributed by atoms with Gasteiger partial charge < -0.3 is 0 Å². The van der Waals surface area contributed by atoms with E-state index in [1.54, 1.807) is 19.1 Å². The van der Waals surface area contributed by atoms with Crippen molar-refractivity contribution in [2.24, 2.45) is 0 Å². The van der Waals surface area contributed by atoms with Crippen molar-refractivity contribution < 1.29 is 26.3 Å². The predicted octanol–water partition coefficient (Wildman–Crippen LogP) is 6.60. The minimum Gasteiger partial charge on any atom is -0.234 e. The molecule has 0 nitrogen and oxygen atoms in total. The van der Waals surface area contributed by atoms with Crippen LogP contribution in [0.3, 0.4) is 0 Å². The van der Waals surface area contributed by atoms with Crippen molar-refractivity contribution in [2.75, 3.05) is 6.16 Å². The van der Waals surface area contributed by atoms with E-state index in [0.29, 0.717) is 12.8 Å². The molecule has 7 heteroatoms. The number of allylic oxidation sites excluding steroid dienone is 4. The Morgan fingerprint density at radius 1 is 1.04 bits per heavy atom. The molecular formula is C17H19F6P. The van der Waals surface area contributed by atoms with Gasteiger partial charge in [0.05, 0.1) is 0 Å². The monoisotopic (exact) mass is 368 g/mol. The molecule has 134 valence electrons. The van der Waals surface area contributed by atoms with Gasteiger partial charge in [-0.2, -0.15) is 22.0 Å². The largest absolute Gasteiger partial charge is 0.457 e. The zero-order chi connectivity index (χ0) is 18.3. The molecule has 1 aromatic carbocycles. The van der Waals surface area contributed by atoms with E-state index < -0.39 is 26.1 Å². The van der Waals surface area contributed by atoms with Crippen LogP contribution in [-0.2, 0) is 5.67 Å². The standard InChI is InChI=1S/C12H11F.C5H8F5P/c13-12(9-5-2-6-10-12)11-7-3-1-4-8-11;1-2-3-11-5(9,10)4(6,7)8/h1-9H,10H2;11H,2-3H2,1H3. The van der Waals surface area contributed by atoms with Gasteiger partial charge in [0.1, 0.15) is 0 Å². The Morgan fingerprint density at radius 2 is 1.67 bits per heavy atom. The number of hydrogen-bond donors (Lipinski definition) is 0. The van der Waals surface area contributed by atoms with Crippen LogP contribution in [0.5, 0.6) is 0 Å². The fraction of sp³-hybridized carbons (Fsp3) is 0.412. The Hall–Kier alpha value is -1.29. The fourth-order valence-corrected chi connectivity index (χ4v) is 2.67. The third kappa shape index (κ3) is 5.97. The average molecular weight is 368 g/mol. The van der Waals surface area contributed by atoms with E-state index in [2.05, 4.69) is 0 Å². The molecule has 0 N–H and O–H groups in total. The molecule has 0 bridgehead atoms. The highest BCUT2D eigenvalue weighted by Gasteiger charge is 2.56. The summed E-state index contributed by atoms with van der Waals surface area (Å²) in [6.45, 7) is 1.57. The maximum Gasteiger partial charge on any atom is 0.457 e. The summed E-state index contributed by atoms with van der Waals surface area (Å²) in [5.41, 5.74) is -5.05. The molecule has 0 fully saturated rings. The molecule has 0 amide bonds. The Morgan fingerprint density at radius 3 is 2.12 bits per heavy atom. The lowest BCUT2D eigenvalue weighted by atomic mass is 9.89. The van der Waals surface area contributed by atoms with Crippen LogP contribution in [-0.4, -0.2) is 18.0 Å². The maximum absolute atomic E-state index is 14.2. The lowest BCUT2D eigenvalue weighted by molar-refractivity contribution is -0.239. The third-order valence-electron chi connectivity index (χ3n) is 3.23. The van der Waals surface area contributed by atoms with Crippen LogP contribution >= 0.6 is 8.58 Å². The van der Waals surface area contributed by atoms with Crippen LogP contribution in [0.4, 0.5) is 26.3 Å². The average Bonchev–Trinajstić information content (AvgIpc) is 2.54. The second kappa shape index (κ2) is 8.70. The first-order valence-corrected chi connectivity index (χ1v) is 8.61. The lowest BCUT2D eigenvalue weighted by Crippen LogP contribution is -2.31. The quantitative estimate of drug-likeness (QED) is 0.415. The Labute approximate surface area is 139 Å². The molecule has 2 atom stereocenters. The summed E-state index contributed by atoms with van der Waals surface area (Å²) in [7, 11) is -1.35. The van der Waals surface area contributed by atoms with E-state index in [-0.39, 0.29) is 6.16 Å². The number of benzene rings is 1. The summed E-state index contributed by atoms with van der Waals surface area (Å²) in [5.74, 6) is 0. The van der Waals surface area contributed by atoms with Crippen molar-refractivity contribution in [3.05, 3.63) is 60.2 Å². The van der Waals surface area contributed by atoms with Crippen LogP contribution in [0.1, 0.15) is 25.3 Å². The Kier molecular flexibility index (Phi) is 7.53. The molecule has 0 saturated heterocycles. The van der Waals surface area contributed by atoms with Crippen molar-refractivity contribution >= 4 is 8.58 Å². The molecule has 2 unspecified atom stereocenters. The van der Waals surface area contributed by atoms with Gasteiger partial charge in [-0.1, -0.05) is 61.9 Å². The van der Waals surface area contributed by atoms with Gasteiger partial charge >= 0.3 is 11.8 Å². The topological polar surface area (TPSA) is 0 Å². The Bertz CT molecular complexity index is 550.